The average molecular weight is 246 g/mol. The van der Waals surface area contributed by atoms with Crippen molar-refractivity contribution in [2.24, 2.45) is 0 Å². The Morgan fingerprint density at radius 3 is 2.35 bits per heavy atom. The van der Waals surface area contributed by atoms with Gasteiger partial charge in [-0.05, 0) is 27.7 Å². The van der Waals surface area contributed by atoms with Crippen molar-refractivity contribution in [1.82, 2.24) is 10.6 Å². The van der Waals surface area contributed by atoms with Crippen molar-refractivity contribution < 1.29 is 19.1 Å². The third-order valence-corrected chi connectivity index (χ3v) is 1.67. The van der Waals surface area contributed by atoms with Gasteiger partial charge in [0.2, 0.25) is 5.91 Å². The lowest BCUT2D eigenvalue weighted by atomic mass is 10.2. The molecule has 0 heterocycles. The molecule has 2 amide bonds. The first-order chi connectivity index (χ1) is 7.74. The molecule has 2 N–H and O–H groups in total. The SMILES string of the molecule is COCNC(=O)C[C@H](C)NC(=O)OC(C)(C)C. The van der Waals surface area contributed by atoms with Gasteiger partial charge in [0.15, 0.2) is 0 Å². The summed E-state index contributed by atoms with van der Waals surface area (Å²) in [6, 6.07) is -0.290. The highest BCUT2D eigenvalue weighted by atomic mass is 16.6. The fourth-order valence-corrected chi connectivity index (χ4v) is 1.06. The van der Waals surface area contributed by atoms with E-state index in [1.165, 1.54) is 7.11 Å². The van der Waals surface area contributed by atoms with Crippen LogP contribution in [0.1, 0.15) is 34.1 Å². The molecule has 0 bridgehead atoms. The van der Waals surface area contributed by atoms with Crippen LogP contribution in [0.15, 0.2) is 0 Å². The maximum Gasteiger partial charge on any atom is 0.407 e. The number of hydrogen-bond donors (Lipinski definition) is 2. The molecule has 0 saturated carbocycles. The molecule has 0 aliphatic carbocycles. The van der Waals surface area contributed by atoms with E-state index in [4.69, 9.17) is 9.47 Å². The maximum absolute atomic E-state index is 11.4. The van der Waals surface area contributed by atoms with Crippen molar-refractivity contribution in [3.63, 3.8) is 0 Å². The van der Waals surface area contributed by atoms with Crippen LogP contribution in [0.3, 0.4) is 0 Å². The first kappa shape index (κ1) is 15.7. The summed E-state index contributed by atoms with van der Waals surface area (Å²) in [6.07, 6.45) is -0.340. The van der Waals surface area contributed by atoms with Gasteiger partial charge in [-0.15, -0.1) is 0 Å². The van der Waals surface area contributed by atoms with Gasteiger partial charge in [0.1, 0.15) is 12.3 Å². The molecule has 0 radical (unpaired) electrons. The molecule has 17 heavy (non-hydrogen) atoms. The summed E-state index contributed by atoms with van der Waals surface area (Å²) in [5.41, 5.74) is -0.540. The Morgan fingerprint density at radius 1 is 1.29 bits per heavy atom. The highest BCUT2D eigenvalue weighted by molar-refractivity contribution is 5.77. The van der Waals surface area contributed by atoms with Crippen LogP contribution in [0.4, 0.5) is 4.79 Å². The van der Waals surface area contributed by atoms with Gasteiger partial charge < -0.3 is 20.1 Å². The summed E-state index contributed by atoms with van der Waals surface area (Å²) >= 11 is 0. The Bertz CT molecular complexity index is 261. The molecule has 0 aliphatic rings. The lowest BCUT2D eigenvalue weighted by Gasteiger charge is -2.21. The van der Waals surface area contributed by atoms with Crippen LogP contribution in [0.5, 0.6) is 0 Å². The number of carbonyl (C=O) groups excluding carboxylic acids is 2. The third-order valence-electron chi connectivity index (χ3n) is 1.67. The Kier molecular flexibility index (Phi) is 6.57. The molecule has 0 unspecified atom stereocenters. The summed E-state index contributed by atoms with van der Waals surface area (Å²) < 4.78 is 9.76. The van der Waals surface area contributed by atoms with Crippen LogP contribution in [0, 0.1) is 0 Å². The Morgan fingerprint density at radius 2 is 1.88 bits per heavy atom. The predicted octanol–water partition coefficient (Wildman–Crippen LogP) is 1.01. The highest BCUT2D eigenvalue weighted by Crippen LogP contribution is 2.07. The number of carbonyl (C=O) groups is 2. The largest absolute Gasteiger partial charge is 0.444 e. The average Bonchev–Trinajstić information content (AvgIpc) is 2.10. The number of rotatable bonds is 5. The Labute approximate surface area is 102 Å². The van der Waals surface area contributed by atoms with Crippen LogP contribution >= 0.6 is 0 Å². The predicted molar refractivity (Wildman–Crippen MR) is 63.5 cm³/mol. The molecule has 0 spiro atoms. The van der Waals surface area contributed by atoms with Crippen molar-refractivity contribution in [1.29, 1.82) is 0 Å². The van der Waals surface area contributed by atoms with E-state index in [0.29, 0.717) is 0 Å². The minimum absolute atomic E-state index is 0.165. The normalized spacial score (nSPS) is 12.8. The van der Waals surface area contributed by atoms with Gasteiger partial charge in [-0.2, -0.15) is 0 Å². The number of amides is 2. The second-order valence-corrected chi connectivity index (χ2v) is 4.78. The van der Waals surface area contributed by atoms with Crippen LogP contribution in [0.2, 0.25) is 0 Å². The molecule has 0 fully saturated rings. The van der Waals surface area contributed by atoms with Crippen LogP contribution < -0.4 is 10.6 Å². The van der Waals surface area contributed by atoms with E-state index >= 15 is 0 Å². The lowest BCUT2D eigenvalue weighted by molar-refractivity contribution is -0.122. The molecule has 6 nitrogen and oxygen atoms in total. The van der Waals surface area contributed by atoms with Gasteiger partial charge in [0.05, 0.1) is 0 Å². The zero-order chi connectivity index (χ0) is 13.5. The smallest absolute Gasteiger partial charge is 0.407 e. The Balaban J connectivity index is 3.89. The molecule has 6 heteroatoms. The van der Waals surface area contributed by atoms with Gasteiger partial charge in [-0.1, -0.05) is 0 Å². The lowest BCUT2D eigenvalue weighted by Crippen LogP contribution is -2.40. The van der Waals surface area contributed by atoms with E-state index in [2.05, 4.69) is 10.6 Å². The zero-order valence-electron chi connectivity index (χ0n) is 11.1. The number of hydrogen-bond acceptors (Lipinski definition) is 4. The Hall–Kier alpha value is -1.30. The van der Waals surface area contributed by atoms with Gasteiger partial charge >= 0.3 is 6.09 Å². The van der Waals surface area contributed by atoms with Crippen molar-refractivity contribution in [2.75, 3.05) is 13.8 Å². The first-order valence-corrected chi connectivity index (χ1v) is 5.49. The molecule has 0 saturated heterocycles. The van der Waals surface area contributed by atoms with Gasteiger partial charge in [0.25, 0.3) is 0 Å². The van der Waals surface area contributed by atoms with Gasteiger partial charge in [0, 0.05) is 19.6 Å². The van der Waals surface area contributed by atoms with Crippen LogP contribution in [-0.4, -0.2) is 37.5 Å². The van der Waals surface area contributed by atoms with E-state index in [1.807, 2.05) is 0 Å². The molecular weight excluding hydrogens is 224 g/mol. The fourth-order valence-electron chi connectivity index (χ4n) is 1.06. The molecule has 0 rings (SSSR count). The standard InChI is InChI=1S/C11H22N2O4/c1-8(6-9(14)12-7-16-5)13-10(15)17-11(2,3)4/h8H,6-7H2,1-5H3,(H,12,14)(H,13,15)/t8-/m0/s1. The van der Waals surface area contributed by atoms with E-state index < -0.39 is 11.7 Å². The van der Waals surface area contributed by atoms with Crippen molar-refractivity contribution >= 4 is 12.0 Å². The minimum Gasteiger partial charge on any atom is -0.444 e. The van der Waals surface area contributed by atoms with Crippen molar-refractivity contribution in [3.8, 4) is 0 Å². The summed E-state index contributed by atoms with van der Waals surface area (Å²) in [5.74, 6) is -0.185. The summed E-state index contributed by atoms with van der Waals surface area (Å²) in [7, 11) is 1.49. The van der Waals surface area contributed by atoms with E-state index in [1.54, 1.807) is 27.7 Å². The van der Waals surface area contributed by atoms with Crippen LogP contribution in [-0.2, 0) is 14.3 Å². The zero-order valence-corrected chi connectivity index (χ0v) is 11.1. The molecular formula is C11H22N2O4. The van der Waals surface area contributed by atoms with Crippen LogP contribution in [0.25, 0.3) is 0 Å². The summed E-state index contributed by atoms with van der Waals surface area (Å²) in [4.78, 5) is 22.7. The minimum atomic E-state index is -0.540. The number of alkyl carbamates (subject to hydrolysis) is 1. The molecule has 1 atom stereocenters. The van der Waals surface area contributed by atoms with Gasteiger partial charge in [-0.3, -0.25) is 4.79 Å². The summed E-state index contributed by atoms with van der Waals surface area (Å²) in [6.45, 7) is 7.24. The molecule has 0 aromatic heterocycles. The second kappa shape index (κ2) is 7.11. The molecule has 0 aliphatic heterocycles. The quantitative estimate of drug-likeness (QED) is 0.710. The maximum atomic E-state index is 11.4. The molecule has 100 valence electrons. The number of methoxy groups -OCH3 is 1. The fraction of sp³-hybridized carbons (Fsp3) is 0.818. The highest BCUT2D eigenvalue weighted by Gasteiger charge is 2.18. The van der Waals surface area contributed by atoms with Gasteiger partial charge in [-0.25, -0.2) is 4.79 Å². The number of nitrogens with one attached hydrogen (secondary N) is 2. The van der Waals surface area contributed by atoms with Crippen molar-refractivity contribution in [2.45, 2.75) is 45.8 Å². The molecule has 0 aromatic rings. The van der Waals surface area contributed by atoms with Crippen molar-refractivity contribution in [3.05, 3.63) is 0 Å². The summed E-state index contributed by atoms with van der Waals surface area (Å²) in [5, 5.41) is 5.11. The van der Waals surface area contributed by atoms with E-state index in [0.717, 1.165) is 0 Å². The monoisotopic (exact) mass is 246 g/mol. The first-order valence-electron chi connectivity index (χ1n) is 5.49. The van der Waals surface area contributed by atoms with E-state index in [-0.39, 0.29) is 25.1 Å². The van der Waals surface area contributed by atoms with E-state index in [9.17, 15) is 9.59 Å². The third kappa shape index (κ3) is 9.62. The number of ether oxygens (including phenoxy) is 2. The second-order valence-electron chi connectivity index (χ2n) is 4.78. The topological polar surface area (TPSA) is 76.7 Å². The molecule has 0 aromatic carbocycles.